The number of aryl methyl sites for hydroxylation is 2. The monoisotopic (exact) mass is 371 g/mol. The molecule has 0 aliphatic heterocycles. The number of carbonyl (C=O) groups is 1. The fourth-order valence-corrected chi connectivity index (χ4v) is 3.77. The molecule has 26 heavy (non-hydrogen) atoms. The van der Waals surface area contributed by atoms with Crippen molar-refractivity contribution >= 4 is 28.1 Å². The number of methoxy groups -OCH3 is 2. The van der Waals surface area contributed by atoms with Crippen molar-refractivity contribution in [1.82, 2.24) is 9.97 Å². The average Bonchev–Trinajstić information content (AvgIpc) is 3.13. The van der Waals surface area contributed by atoms with Crippen molar-refractivity contribution in [3.63, 3.8) is 0 Å². The second kappa shape index (κ2) is 7.21. The van der Waals surface area contributed by atoms with Crippen LogP contribution >= 0.6 is 11.3 Å². The summed E-state index contributed by atoms with van der Waals surface area (Å²) in [6.07, 6.45) is 0. The van der Waals surface area contributed by atoms with Crippen LogP contribution in [0.3, 0.4) is 0 Å². The first kappa shape index (κ1) is 18.0. The summed E-state index contributed by atoms with van der Waals surface area (Å²) in [4.78, 5) is 21.1. The zero-order valence-corrected chi connectivity index (χ0v) is 16.2. The predicted molar refractivity (Wildman–Crippen MR) is 104 cm³/mol. The molecular weight excluding hydrogens is 350 g/mol. The number of nitrogens with one attached hydrogen (secondary N) is 2. The van der Waals surface area contributed by atoms with E-state index in [4.69, 9.17) is 14.5 Å². The molecule has 136 valence electrons. The Labute approximate surface area is 156 Å². The van der Waals surface area contributed by atoms with Gasteiger partial charge >= 0.3 is 5.97 Å². The van der Waals surface area contributed by atoms with E-state index in [1.165, 1.54) is 7.11 Å². The number of nitrogens with zero attached hydrogens (tertiary/aromatic N) is 1. The van der Waals surface area contributed by atoms with Crippen LogP contribution in [0.25, 0.3) is 11.4 Å². The molecule has 2 heterocycles. The number of aromatic amines is 1. The molecule has 0 aliphatic carbocycles. The van der Waals surface area contributed by atoms with E-state index in [1.54, 1.807) is 18.4 Å². The smallest absolute Gasteiger partial charge is 0.339 e. The molecule has 2 aromatic heterocycles. The van der Waals surface area contributed by atoms with Gasteiger partial charge < -0.3 is 19.8 Å². The normalized spacial score (nSPS) is 10.7. The van der Waals surface area contributed by atoms with Gasteiger partial charge in [-0.3, -0.25) is 0 Å². The molecule has 0 aliphatic rings. The maximum absolute atomic E-state index is 12.0. The van der Waals surface area contributed by atoms with Crippen LogP contribution in [0.1, 0.15) is 26.5 Å². The van der Waals surface area contributed by atoms with Crippen LogP contribution in [0.5, 0.6) is 5.75 Å². The Bertz CT molecular complexity index is 959. The number of aromatic nitrogens is 2. The van der Waals surface area contributed by atoms with Gasteiger partial charge in [0.2, 0.25) is 0 Å². The topological polar surface area (TPSA) is 76.2 Å². The lowest BCUT2D eigenvalue weighted by Crippen LogP contribution is -2.03. The second-order valence-corrected chi connectivity index (χ2v) is 7.07. The molecule has 3 aromatic rings. The van der Waals surface area contributed by atoms with Crippen molar-refractivity contribution in [3.8, 4) is 17.1 Å². The van der Waals surface area contributed by atoms with Crippen LogP contribution in [0, 0.1) is 20.8 Å². The molecule has 0 spiro atoms. The van der Waals surface area contributed by atoms with Crippen LogP contribution in [0.2, 0.25) is 0 Å². The first-order valence-corrected chi connectivity index (χ1v) is 8.93. The van der Waals surface area contributed by atoms with E-state index in [-0.39, 0.29) is 5.97 Å². The standard InChI is InChI=1S/C19H21N3O3S/c1-10-15(18(23)25-5)11(2)20-16(10)17-12(3)26-19(22-17)21-13-8-6-7-9-14(13)24-4/h6-9,20H,1-5H3,(H,21,22). The Balaban J connectivity index is 1.98. The number of hydrogen-bond donors (Lipinski definition) is 2. The lowest BCUT2D eigenvalue weighted by molar-refractivity contribution is 0.0599. The molecule has 0 saturated heterocycles. The minimum absolute atomic E-state index is 0.345. The van der Waals surface area contributed by atoms with Crippen LogP contribution in [0.4, 0.5) is 10.8 Å². The molecule has 0 atom stereocenters. The Hall–Kier alpha value is -2.80. The van der Waals surface area contributed by atoms with Gasteiger partial charge in [0.25, 0.3) is 0 Å². The van der Waals surface area contributed by atoms with E-state index in [0.29, 0.717) is 5.56 Å². The van der Waals surface area contributed by atoms with Crippen LogP contribution in [0.15, 0.2) is 24.3 Å². The zero-order valence-electron chi connectivity index (χ0n) is 15.4. The minimum Gasteiger partial charge on any atom is -0.495 e. The highest BCUT2D eigenvalue weighted by Crippen LogP contribution is 2.36. The van der Waals surface area contributed by atoms with E-state index >= 15 is 0 Å². The fourth-order valence-electron chi connectivity index (χ4n) is 2.94. The van der Waals surface area contributed by atoms with E-state index in [0.717, 1.165) is 44.1 Å². The molecule has 0 fully saturated rings. The third-order valence-electron chi connectivity index (χ3n) is 4.21. The number of anilines is 2. The molecule has 0 radical (unpaired) electrons. The Morgan fingerprint density at radius 2 is 1.92 bits per heavy atom. The highest BCUT2D eigenvalue weighted by atomic mass is 32.1. The van der Waals surface area contributed by atoms with Gasteiger partial charge in [-0.2, -0.15) is 0 Å². The largest absolute Gasteiger partial charge is 0.495 e. The van der Waals surface area contributed by atoms with Gasteiger partial charge in [0.15, 0.2) is 5.13 Å². The number of para-hydroxylation sites is 2. The van der Waals surface area contributed by atoms with Gasteiger partial charge in [0.1, 0.15) is 11.4 Å². The first-order valence-electron chi connectivity index (χ1n) is 8.11. The summed E-state index contributed by atoms with van der Waals surface area (Å²) in [6.45, 7) is 5.77. The van der Waals surface area contributed by atoms with Gasteiger partial charge in [-0.05, 0) is 38.5 Å². The second-order valence-electron chi connectivity index (χ2n) is 5.87. The lowest BCUT2D eigenvalue weighted by atomic mass is 10.1. The third kappa shape index (κ3) is 3.17. The Kier molecular flexibility index (Phi) is 4.99. The third-order valence-corrected chi connectivity index (χ3v) is 5.10. The van der Waals surface area contributed by atoms with Crippen LogP contribution in [-0.4, -0.2) is 30.2 Å². The molecular formula is C19H21N3O3S. The van der Waals surface area contributed by atoms with Crippen LogP contribution in [-0.2, 0) is 4.74 Å². The molecule has 2 N–H and O–H groups in total. The SMILES string of the molecule is COC(=O)c1c(C)[nH]c(-c2nc(Nc3ccccc3OC)sc2C)c1C. The molecule has 3 rings (SSSR count). The molecule has 1 aromatic carbocycles. The summed E-state index contributed by atoms with van der Waals surface area (Å²) in [5.74, 6) is 0.407. The van der Waals surface area contributed by atoms with Crippen LogP contribution < -0.4 is 10.1 Å². The molecule has 0 amide bonds. The van der Waals surface area contributed by atoms with Crippen molar-refractivity contribution < 1.29 is 14.3 Å². The summed E-state index contributed by atoms with van der Waals surface area (Å²) >= 11 is 1.55. The van der Waals surface area contributed by atoms with Crippen molar-refractivity contribution in [2.45, 2.75) is 20.8 Å². The number of benzene rings is 1. The average molecular weight is 371 g/mol. The van der Waals surface area contributed by atoms with Gasteiger partial charge in [-0.25, -0.2) is 9.78 Å². The molecule has 0 bridgehead atoms. The number of carbonyl (C=O) groups excluding carboxylic acids is 1. The van der Waals surface area contributed by atoms with Crippen molar-refractivity contribution in [3.05, 3.63) is 46.0 Å². The van der Waals surface area contributed by atoms with Gasteiger partial charge in [-0.15, -0.1) is 11.3 Å². The maximum atomic E-state index is 12.0. The minimum atomic E-state index is -0.345. The van der Waals surface area contributed by atoms with Gasteiger partial charge in [-0.1, -0.05) is 12.1 Å². The Morgan fingerprint density at radius 1 is 1.19 bits per heavy atom. The maximum Gasteiger partial charge on any atom is 0.339 e. The fraction of sp³-hybridized carbons (Fsp3) is 0.263. The molecule has 0 unspecified atom stereocenters. The van der Waals surface area contributed by atoms with Gasteiger partial charge in [0, 0.05) is 10.6 Å². The van der Waals surface area contributed by atoms with Gasteiger partial charge in [0.05, 0.1) is 31.2 Å². The number of esters is 1. The van der Waals surface area contributed by atoms with E-state index in [9.17, 15) is 4.79 Å². The van der Waals surface area contributed by atoms with Crippen molar-refractivity contribution in [2.75, 3.05) is 19.5 Å². The molecule has 6 nitrogen and oxygen atoms in total. The van der Waals surface area contributed by atoms with E-state index in [2.05, 4.69) is 10.3 Å². The molecule has 7 heteroatoms. The molecule has 0 saturated carbocycles. The van der Waals surface area contributed by atoms with Crippen molar-refractivity contribution in [2.24, 2.45) is 0 Å². The highest BCUT2D eigenvalue weighted by Gasteiger charge is 2.22. The summed E-state index contributed by atoms with van der Waals surface area (Å²) in [5.41, 5.74) is 4.69. The first-order chi connectivity index (χ1) is 12.5. The summed E-state index contributed by atoms with van der Waals surface area (Å²) in [7, 11) is 3.02. The number of H-pyrrole nitrogens is 1. The quantitative estimate of drug-likeness (QED) is 0.641. The van der Waals surface area contributed by atoms with E-state index < -0.39 is 0 Å². The summed E-state index contributed by atoms with van der Waals surface area (Å²) < 4.78 is 10.3. The number of rotatable bonds is 5. The summed E-state index contributed by atoms with van der Waals surface area (Å²) in [5, 5.41) is 4.06. The zero-order chi connectivity index (χ0) is 18.8. The Morgan fingerprint density at radius 3 is 2.62 bits per heavy atom. The summed E-state index contributed by atoms with van der Waals surface area (Å²) in [6, 6.07) is 7.69. The van der Waals surface area contributed by atoms with Crippen molar-refractivity contribution in [1.29, 1.82) is 0 Å². The van der Waals surface area contributed by atoms with E-state index in [1.807, 2.05) is 45.0 Å². The number of thiazole rings is 1. The number of ether oxygens (including phenoxy) is 2. The number of hydrogen-bond acceptors (Lipinski definition) is 6. The predicted octanol–water partition coefficient (Wildman–Crippen LogP) is 4.60. The lowest BCUT2D eigenvalue weighted by Gasteiger charge is -2.08. The highest BCUT2D eigenvalue weighted by molar-refractivity contribution is 7.16.